The molecular formula is C23H18O7. The number of benzene rings is 2. The minimum Gasteiger partial charge on any atom is -0.497 e. The Morgan fingerprint density at radius 2 is 1.87 bits per heavy atom. The van der Waals surface area contributed by atoms with Crippen LogP contribution < -0.4 is 18.9 Å². The van der Waals surface area contributed by atoms with Crippen LogP contribution in [0.3, 0.4) is 0 Å². The molecule has 4 rings (SSSR count). The lowest BCUT2D eigenvalue weighted by molar-refractivity contribution is 0.0699. The minimum absolute atomic E-state index is 0.0825. The van der Waals surface area contributed by atoms with Gasteiger partial charge in [0.1, 0.15) is 23.0 Å². The summed E-state index contributed by atoms with van der Waals surface area (Å²) in [6, 6.07) is 11.5. The van der Waals surface area contributed by atoms with E-state index in [0.717, 1.165) is 0 Å². The van der Waals surface area contributed by atoms with Crippen molar-refractivity contribution in [2.75, 3.05) is 14.2 Å². The van der Waals surface area contributed by atoms with E-state index < -0.39 is 5.97 Å². The zero-order valence-electron chi connectivity index (χ0n) is 16.6. The Bertz CT molecular complexity index is 1160. The molecule has 7 heteroatoms. The summed E-state index contributed by atoms with van der Waals surface area (Å²) in [6.45, 7) is 1.72. The molecule has 0 saturated carbocycles. The second-order valence-electron chi connectivity index (χ2n) is 6.48. The maximum atomic E-state index is 12.8. The number of hydrogen-bond acceptors (Lipinski definition) is 7. The number of esters is 1. The summed E-state index contributed by atoms with van der Waals surface area (Å²) in [4.78, 5) is 25.0. The molecule has 30 heavy (non-hydrogen) atoms. The number of hydrogen-bond donors (Lipinski definition) is 0. The third kappa shape index (κ3) is 3.41. The molecule has 1 aliphatic rings. The number of ketones is 1. The summed E-state index contributed by atoms with van der Waals surface area (Å²) in [7, 11) is 3.10. The summed E-state index contributed by atoms with van der Waals surface area (Å²) in [6.07, 6.45) is 2.99. The molecule has 3 aromatic rings. The first-order chi connectivity index (χ1) is 14.5. The fourth-order valence-corrected chi connectivity index (χ4v) is 3.10. The Morgan fingerprint density at radius 1 is 1.03 bits per heavy atom. The quantitative estimate of drug-likeness (QED) is 0.352. The van der Waals surface area contributed by atoms with Crippen LogP contribution in [-0.2, 0) is 0 Å². The van der Waals surface area contributed by atoms with E-state index in [9.17, 15) is 9.59 Å². The van der Waals surface area contributed by atoms with Gasteiger partial charge in [0, 0.05) is 17.2 Å². The summed E-state index contributed by atoms with van der Waals surface area (Å²) in [5.41, 5.74) is 1.59. The Labute approximate surface area is 172 Å². The van der Waals surface area contributed by atoms with Crippen LogP contribution in [0, 0.1) is 6.92 Å². The molecule has 0 bridgehead atoms. The molecule has 2 heterocycles. The molecule has 0 fully saturated rings. The number of fused-ring (bicyclic) bond motifs is 1. The van der Waals surface area contributed by atoms with E-state index in [0.29, 0.717) is 33.9 Å². The van der Waals surface area contributed by atoms with Gasteiger partial charge in [0.25, 0.3) is 0 Å². The first-order valence-electron chi connectivity index (χ1n) is 9.07. The van der Waals surface area contributed by atoms with Crippen molar-refractivity contribution in [1.29, 1.82) is 0 Å². The molecular weight excluding hydrogens is 388 g/mol. The van der Waals surface area contributed by atoms with Crippen LogP contribution >= 0.6 is 0 Å². The standard InChI is InChI=1S/C23H18O7/c1-13-17(30-23(25)18-5-4-10-28-18)9-8-16-21(24)20(29-22(13)16)11-14-6-7-15(26-2)12-19(14)27-3/h4-12H,1-3H3/b20-11-. The second kappa shape index (κ2) is 7.79. The van der Waals surface area contributed by atoms with Crippen LogP contribution in [0.5, 0.6) is 23.0 Å². The molecule has 1 aliphatic heterocycles. The molecule has 2 aromatic carbocycles. The smallest absolute Gasteiger partial charge is 0.379 e. The number of carbonyl (C=O) groups excluding carboxylic acids is 2. The van der Waals surface area contributed by atoms with E-state index in [2.05, 4.69) is 0 Å². The van der Waals surface area contributed by atoms with E-state index in [-0.39, 0.29) is 23.1 Å². The molecule has 0 unspecified atom stereocenters. The maximum absolute atomic E-state index is 12.8. The number of carbonyl (C=O) groups is 2. The highest BCUT2D eigenvalue weighted by Crippen LogP contribution is 2.40. The number of ether oxygens (including phenoxy) is 4. The number of allylic oxidation sites excluding steroid dienone is 1. The van der Waals surface area contributed by atoms with Crippen LogP contribution in [0.4, 0.5) is 0 Å². The fourth-order valence-electron chi connectivity index (χ4n) is 3.10. The lowest BCUT2D eigenvalue weighted by Crippen LogP contribution is -2.08. The highest BCUT2D eigenvalue weighted by Gasteiger charge is 2.31. The van der Waals surface area contributed by atoms with E-state index in [1.165, 1.54) is 19.4 Å². The van der Waals surface area contributed by atoms with Crippen molar-refractivity contribution in [2.45, 2.75) is 6.92 Å². The van der Waals surface area contributed by atoms with Crippen molar-refractivity contribution in [3.05, 3.63) is 76.9 Å². The first-order valence-corrected chi connectivity index (χ1v) is 9.07. The Hall–Kier alpha value is -4.00. The molecule has 7 nitrogen and oxygen atoms in total. The molecule has 0 aliphatic carbocycles. The van der Waals surface area contributed by atoms with Gasteiger partial charge in [0.15, 0.2) is 5.76 Å². The number of Topliss-reactive ketones (excluding diaryl/α,β-unsaturated/α-hetero) is 1. The summed E-state index contributed by atoms with van der Waals surface area (Å²) in [5, 5.41) is 0. The summed E-state index contributed by atoms with van der Waals surface area (Å²) in [5.74, 6) is 1.13. The van der Waals surface area contributed by atoms with E-state index in [1.807, 2.05) is 0 Å². The molecule has 0 radical (unpaired) electrons. The molecule has 0 N–H and O–H groups in total. The average Bonchev–Trinajstić information content (AvgIpc) is 3.40. The number of methoxy groups -OCH3 is 2. The largest absolute Gasteiger partial charge is 0.497 e. The van der Waals surface area contributed by atoms with Crippen molar-refractivity contribution < 1.29 is 33.0 Å². The molecule has 1 aromatic heterocycles. The van der Waals surface area contributed by atoms with Gasteiger partial charge in [-0.2, -0.15) is 0 Å². The predicted octanol–water partition coefficient (Wildman–Crippen LogP) is 4.44. The van der Waals surface area contributed by atoms with Gasteiger partial charge in [-0.25, -0.2) is 4.79 Å². The van der Waals surface area contributed by atoms with Gasteiger partial charge in [-0.05, 0) is 49.4 Å². The van der Waals surface area contributed by atoms with E-state index in [4.69, 9.17) is 23.4 Å². The monoisotopic (exact) mass is 406 g/mol. The topological polar surface area (TPSA) is 84.2 Å². The van der Waals surface area contributed by atoms with Crippen LogP contribution in [0.2, 0.25) is 0 Å². The van der Waals surface area contributed by atoms with Crippen molar-refractivity contribution in [1.82, 2.24) is 0 Å². The molecule has 152 valence electrons. The van der Waals surface area contributed by atoms with Gasteiger partial charge >= 0.3 is 5.97 Å². The highest BCUT2D eigenvalue weighted by molar-refractivity contribution is 6.15. The van der Waals surface area contributed by atoms with Crippen LogP contribution in [0.1, 0.15) is 32.0 Å². The lowest BCUT2D eigenvalue weighted by atomic mass is 10.1. The second-order valence-corrected chi connectivity index (χ2v) is 6.48. The van der Waals surface area contributed by atoms with E-state index in [1.54, 1.807) is 56.5 Å². The Kier molecular flexibility index (Phi) is 5.02. The third-order valence-electron chi connectivity index (χ3n) is 4.69. The Balaban J connectivity index is 1.64. The SMILES string of the molecule is COc1ccc(/C=C2\Oc3c(ccc(OC(=O)c4ccco4)c3C)C2=O)c(OC)c1. The van der Waals surface area contributed by atoms with E-state index >= 15 is 0 Å². The van der Waals surface area contributed by atoms with Gasteiger partial charge < -0.3 is 23.4 Å². The van der Waals surface area contributed by atoms with Gasteiger partial charge in [0.2, 0.25) is 11.5 Å². The predicted molar refractivity (Wildman–Crippen MR) is 107 cm³/mol. The molecule has 0 spiro atoms. The van der Waals surface area contributed by atoms with Gasteiger partial charge in [-0.15, -0.1) is 0 Å². The Morgan fingerprint density at radius 3 is 2.57 bits per heavy atom. The molecule has 0 amide bonds. The van der Waals surface area contributed by atoms with Crippen molar-refractivity contribution in [3.63, 3.8) is 0 Å². The lowest BCUT2D eigenvalue weighted by Gasteiger charge is -2.09. The van der Waals surface area contributed by atoms with Gasteiger partial charge in [0.05, 0.1) is 26.0 Å². The van der Waals surface area contributed by atoms with Crippen LogP contribution in [0.15, 0.2) is 58.9 Å². The molecule has 0 saturated heterocycles. The zero-order valence-corrected chi connectivity index (χ0v) is 16.6. The average molecular weight is 406 g/mol. The number of rotatable bonds is 5. The van der Waals surface area contributed by atoms with Crippen LogP contribution in [-0.4, -0.2) is 26.0 Å². The molecule has 0 atom stereocenters. The van der Waals surface area contributed by atoms with Crippen molar-refractivity contribution in [2.24, 2.45) is 0 Å². The summed E-state index contributed by atoms with van der Waals surface area (Å²) < 4.78 is 26.8. The summed E-state index contributed by atoms with van der Waals surface area (Å²) >= 11 is 0. The number of furan rings is 1. The zero-order chi connectivity index (χ0) is 21.3. The van der Waals surface area contributed by atoms with Crippen molar-refractivity contribution >= 4 is 17.8 Å². The first kappa shape index (κ1) is 19.3. The van der Waals surface area contributed by atoms with Gasteiger partial charge in [-0.3, -0.25) is 4.79 Å². The maximum Gasteiger partial charge on any atom is 0.379 e. The normalized spacial score (nSPS) is 13.7. The van der Waals surface area contributed by atoms with Crippen molar-refractivity contribution in [3.8, 4) is 23.0 Å². The third-order valence-corrected chi connectivity index (χ3v) is 4.69. The minimum atomic E-state index is -0.633. The van der Waals surface area contributed by atoms with Crippen LogP contribution in [0.25, 0.3) is 6.08 Å². The fraction of sp³-hybridized carbons (Fsp3) is 0.130. The highest BCUT2D eigenvalue weighted by atomic mass is 16.5. The van der Waals surface area contributed by atoms with Gasteiger partial charge in [-0.1, -0.05) is 0 Å².